The summed E-state index contributed by atoms with van der Waals surface area (Å²) in [4.78, 5) is 112. The first-order valence-electron chi connectivity index (χ1n) is 50.0. The van der Waals surface area contributed by atoms with Crippen molar-refractivity contribution in [2.24, 2.45) is 0 Å². The Morgan fingerprint density at radius 3 is 1.02 bits per heavy atom. The minimum absolute atomic E-state index is 0. The number of aliphatic hydroxyl groups is 5. The standard InChI is InChI=1S/C96H181N2O22P.2H3N/c1-7-13-19-25-31-37-39-45-51-57-63-69-85(104)114-79(67-61-55-49-43-35-29-23-17-11-5)73-84(103)98-90-94(119-88(107)74-80(68-62-56-50-44-36-30-24-18-12-6)115-86(105)70-64-58-52-46-40-38-32-26-20-14-8-2)92(120-121(110,111)112)81(75-99)117-96(90)113-76-82-91(108)93(118-87(106)72-78(101)66-60-54-48-42-34-28-22-16-10-4)89(95(109)116-82)97-83(102)71-77(100)65-59-53-47-41-33-27-21-15-9-3;;/h77-82,89-96,99-101,108-109H,7-76H2,1-6H3,(H,97,102)(H,98,103)(H2,110,111,112);2*1H3/t77-,78-,79-,80+,81-,82-,89-,90-,91-,92-,93-,94-,95+,96-;;/m1../s1. The molecule has 2 fully saturated rings. The van der Waals surface area contributed by atoms with Gasteiger partial charge >= 0.3 is 23.9 Å². The number of phosphoric ester groups is 1. The Hall–Kier alpha value is -3.47. The summed E-state index contributed by atoms with van der Waals surface area (Å²) >= 11 is 0. The molecule has 0 aromatic heterocycles. The largest absolute Gasteiger partial charge is 0.790 e. The summed E-state index contributed by atoms with van der Waals surface area (Å²) in [5, 5.41) is 63.2. The molecule has 0 aromatic rings. The predicted molar refractivity (Wildman–Crippen MR) is 486 cm³/mol. The molecule has 26 nitrogen and oxygen atoms in total. The normalized spacial score (nSPS) is 20.0. The molecule has 123 heavy (non-hydrogen) atoms. The smallest absolute Gasteiger partial charge is 0.310 e. The van der Waals surface area contributed by atoms with E-state index in [-0.39, 0.29) is 44.4 Å². The molecule has 0 radical (unpaired) electrons. The number of carbonyl (C=O) groups excluding carboxylic acids is 6. The Labute approximate surface area is 746 Å². The Morgan fingerprint density at radius 1 is 0.358 bits per heavy atom. The number of hydrogen-bond donors (Lipinski definition) is 9. The van der Waals surface area contributed by atoms with Crippen LogP contribution in [0.15, 0.2) is 0 Å². The lowest BCUT2D eigenvalue weighted by Crippen LogP contribution is -2.68. The first-order chi connectivity index (χ1) is 58.6. The highest BCUT2D eigenvalue weighted by molar-refractivity contribution is 7.43. The summed E-state index contributed by atoms with van der Waals surface area (Å²) in [5.74, 6) is -4.67. The van der Waals surface area contributed by atoms with Gasteiger partial charge in [-0.25, -0.2) is 0 Å². The SMILES string of the molecule is CCCCCCCCCCCCCC(=O)O[C@H](CCCCCCCCCCC)CC(=O)N[C@H]1[C@H](OC[C@H]2O[C@H](O)[C@H](NC(=O)C[C@H](O)CCCCCCCCCCC)[C@@H](OC(=O)C[C@H](O)CCCCCCCCCCC)[C@@H]2O)O[C@H](CO)[C@@H](OP(=O)([O-])[O-])[C@@H]1OC(=O)C[C@H](CCCCCCCCCCC)OC(=O)CCCCCCCCCCCCC.[NH4+].[NH4+]. The third-order valence-corrected chi connectivity index (χ3v) is 24.6. The lowest BCUT2D eigenvalue weighted by atomic mass is 9.95. The van der Waals surface area contributed by atoms with Gasteiger partial charge in [0.2, 0.25) is 11.8 Å². The fourth-order valence-corrected chi connectivity index (χ4v) is 17.3. The van der Waals surface area contributed by atoms with Gasteiger partial charge in [0.1, 0.15) is 48.7 Å². The number of quaternary nitrogens is 2. The molecule has 2 saturated heterocycles. The van der Waals surface area contributed by atoms with E-state index >= 15 is 4.79 Å². The van der Waals surface area contributed by atoms with Crippen molar-refractivity contribution in [3.05, 3.63) is 0 Å². The van der Waals surface area contributed by atoms with Crippen LogP contribution in [0.3, 0.4) is 0 Å². The van der Waals surface area contributed by atoms with Crippen LogP contribution in [0.5, 0.6) is 0 Å². The zero-order valence-corrected chi connectivity index (χ0v) is 80.1. The van der Waals surface area contributed by atoms with E-state index in [9.17, 15) is 63.9 Å². The number of hydrogen-bond acceptors (Lipinski definition) is 22. The number of carbonyl (C=O) groups is 6. The van der Waals surface area contributed by atoms with Crippen molar-refractivity contribution < 1.29 is 106 Å². The van der Waals surface area contributed by atoms with Gasteiger partial charge in [-0.15, -0.1) is 0 Å². The number of aliphatic hydroxyl groups excluding tert-OH is 5. The van der Waals surface area contributed by atoms with E-state index in [1.165, 1.54) is 122 Å². The van der Waals surface area contributed by atoms with E-state index in [1.807, 2.05) is 0 Å². The minimum Gasteiger partial charge on any atom is -0.790 e. The Balaban J connectivity index is 0.0000744. The molecule has 2 amide bonds. The maximum Gasteiger partial charge on any atom is 0.310 e. The second kappa shape index (κ2) is 80.6. The fraction of sp³-hybridized carbons (Fsp3) is 0.938. The van der Waals surface area contributed by atoms with Gasteiger partial charge in [-0.3, -0.25) is 28.8 Å². The van der Waals surface area contributed by atoms with Crippen molar-refractivity contribution in [2.45, 2.75) is 564 Å². The van der Waals surface area contributed by atoms with Gasteiger partial charge in [0.15, 0.2) is 24.8 Å². The van der Waals surface area contributed by atoms with Crippen LogP contribution in [0, 0.1) is 0 Å². The van der Waals surface area contributed by atoms with Crippen LogP contribution in [-0.4, -0.2) is 160 Å². The Bertz CT molecular complexity index is 2560. The third-order valence-electron chi connectivity index (χ3n) is 24.1. The number of phosphoric acid groups is 1. The molecule has 2 aliphatic rings. The van der Waals surface area contributed by atoms with Crippen LogP contribution in [0.4, 0.5) is 0 Å². The summed E-state index contributed by atoms with van der Waals surface area (Å²) in [5.41, 5.74) is 0. The van der Waals surface area contributed by atoms with Gasteiger partial charge in [-0.05, 0) is 51.4 Å². The minimum atomic E-state index is -6.12. The average Bonchev–Trinajstić information content (AvgIpc) is 0.777. The molecule has 14 atom stereocenters. The Morgan fingerprint density at radius 2 is 0.659 bits per heavy atom. The molecular formula is C96H187N4O22P. The maximum atomic E-state index is 15.1. The summed E-state index contributed by atoms with van der Waals surface area (Å²) in [7, 11) is -6.12. The lowest BCUT2D eigenvalue weighted by molar-refractivity contribution is -0.357. The average molecular weight is 1780 g/mol. The molecule has 0 spiro atoms. The highest BCUT2D eigenvalue weighted by Crippen LogP contribution is 2.38. The van der Waals surface area contributed by atoms with Crippen LogP contribution in [0.25, 0.3) is 0 Å². The summed E-state index contributed by atoms with van der Waals surface area (Å²) in [6.45, 7) is 11.2. The van der Waals surface area contributed by atoms with Gasteiger partial charge < -0.3 is 101 Å². The third kappa shape index (κ3) is 64.0. The molecule has 728 valence electrons. The van der Waals surface area contributed by atoms with E-state index in [1.54, 1.807) is 0 Å². The van der Waals surface area contributed by atoms with Gasteiger partial charge in [-0.1, -0.05) is 388 Å². The highest BCUT2D eigenvalue weighted by Gasteiger charge is 2.53. The summed E-state index contributed by atoms with van der Waals surface area (Å²) in [6, 6.07) is -3.54. The molecule has 0 unspecified atom stereocenters. The first-order valence-corrected chi connectivity index (χ1v) is 51.4. The van der Waals surface area contributed by atoms with Crippen molar-refractivity contribution in [2.75, 3.05) is 13.2 Å². The van der Waals surface area contributed by atoms with Crippen LogP contribution in [0.2, 0.25) is 0 Å². The second-order valence-corrected chi connectivity index (χ2v) is 36.7. The molecule has 2 heterocycles. The molecule has 0 saturated carbocycles. The lowest BCUT2D eigenvalue weighted by Gasteiger charge is -2.48. The molecule has 0 aromatic carbocycles. The van der Waals surface area contributed by atoms with E-state index in [0.717, 1.165) is 212 Å². The number of nitrogens with one attached hydrogen (secondary N) is 2. The molecule has 0 aliphatic carbocycles. The van der Waals surface area contributed by atoms with Gasteiger partial charge in [0.25, 0.3) is 0 Å². The molecule has 27 heteroatoms. The topological polar surface area (TPSA) is 438 Å². The maximum absolute atomic E-state index is 15.1. The van der Waals surface area contributed by atoms with Crippen molar-refractivity contribution in [3.8, 4) is 0 Å². The zero-order valence-electron chi connectivity index (χ0n) is 79.2. The molecule has 15 N–H and O–H groups in total. The Kier molecular flexibility index (Phi) is 78.3. The van der Waals surface area contributed by atoms with Crippen LogP contribution < -0.4 is 32.7 Å². The number of esters is 4. The monoisotopic (exact) mass is 1780 g/mol. The zero-order chi connectivity index (χ0) is 88.6. The van der Waals surface area contributed by atoms with E-state index < -0.39 is 168 Å². The van der Waals surface area contributed by atoms with Crippen molar-refractivity contribution >= 4 is 43.5 Å². The van der Waals surface area contributed by atoms with E-state index in [0.29, 0.717) is 44.9 Å². The van der Waals surface area contributed by atoms with E-state index in [2.05, 4.69) is 52.2 Å². The van der Waals surface area contributed by atoms with Crippen LogP contribution in [0.1, 0.15) is 478 Å². The van der Waals surface area contributed by atoms with E-state index in [4.69, 9.17) is 37.7 Å². The van der Waals surface area contributed by atoms with Crippen LogP contribution >= 0.6 is 7.82 Å². The predicted octanol–water partition coefficient (Wildman–Crippen LogP) is 20.7. The van der Waals surface area contributed by atoms with Crippen molar-refractivity contribution in [1.82, 2.24) is 22.9 Å². The van der Waals surface area contributed by atoms with Gasteiger partial charge in [-0.2, -0.15) is 0 Å². The summed E-state index contributed by atoms with van der Waals surface area (Å²) in [6.07, 6.45) is 39.8. The quantitative estimate of drug-likeness (QED) is 0.0118. The van der Waals surface area contributed by atoms with Crippen LogP contribution in [-0.2, 0) is 71.0 Å². The van der Waals surface area contributed by atoms with Gasteiger partial charge in [0, 0.05) is 12.8 Å². The highest BCUT2D eigenvalue weighted by atomic mass is 31.2. The first kappa shape index (κ1) is 120. The number of ether oxygens (including phenoxy) is 7. The number of rotatable bonds is 84. The van der Waals surface area contributed by atoms with Gasteiger partial charge in [0.05, 0.1) is 58.9 Å². The summed E-state index contributed by atoms with van der Waals surface area (Å²) < 4.78 is 61.2. The second-order valence-electron chi connectivity index (χ2n) is 35.6. The molecular weight excluding hydrogens is 1590 g/mol. The van der Waals surface area contributed by atoms with Crippen molar-refractivity contribution in [3.63, 3.8) is 0 Å². The van der Waals surface area contributed by atoms with Crippen molar-refractivity contribution in [1.29, 1.82) is 0 Å². The number of unbranched alkanes of at least 4 members (excludes halogenated alkanes) is 52. The number of amides is 2. The molecule has 2 aliphatic heterocycles. The molecule has 0 bridgehead atoms. The fourth-order valence-electron chi connectivity index (χ4n) is 16.7. The molecule has 2 rings (SSSR count).